The summed E-state index contributed by atoms with van der Waals surface area (Å²) in [6.45, 7) is 4.96. The van der Waals surface area contributed by atoms with Crippen molar-refractivity contribution in [1.29, 1.82) is 0 Å². The van der Waals surface area contributed by atoms with Crippen LogP contribution in [0, 0.1) is 0 Å². The van der Waals surface area contributed by atoms with E-state index in [4.69, 9.17) is 17.0 Å². The van der Waals surface area contributed by atoms with Gasteiger partial charge < -0.3 is 10.1 Å². The Morgan fingerprint density at radius 2 is 1.71 bits per heavy atom. The SMILES string of the molecule is CCCCCCOc1ccc(NC(=O)C[C@@H]2C(=O)N(CC)C(=S)N2NC(=O)c2ccccc2)cc1. The van der Waals surface area contributed by atoms with Crippen molar-refractivity contribution in [3.05, 3.63) is 60.2 Å². The molecule has 1 atom stereocenters. The molecule has 0 radical (unpaired) electrons. The van der Waals surface area contributed by atoms with Crippen molar-refractivity contribution in [3.8, 4) is 5.75 Å². The molecule has 0 bridgehead atoms. The molecule has 0 aromatic heterocycles. The van der Waals surface area contributed by atoms with E-state index < -0.39 is 11.9 Å². The number of hydrogen-bond donors (Lipinski definition) is 2. The molecule has 1 saturated heterocycles. The maximum atomic E-state index is 12.9. The molecular weight excluding hydrogens is 464 g/mol. The molecule has 2 aromatic rings. The van der Waals surface area contributed by atoms with Crippen LogP contribution in [-0.4, -0.2) is 51.9 Å². The first-order valence-corrected chi connectivity index (χ1v) is 12.4. The maximum absolute atomic E-state index is 12.9. The number of hydrogen-bond acceptors (Lipinski definition) is 5. The minimum absolute atomic E-state index is 0.166. The fraction of sp³-hybridized carbons (Fsp3) is 0.385. The van der Waals surface area contributed by atoms with Gasteiger partial charge in [0.05, 0.1) is 13.0 Å². The molecule has 9 heteroatoms. The number of benzene rings is 2. The summed E-state index contributed by atoms with van der Waals surface area (Å²) in [5.74, 6) is -0.359. The number of nitrogens with zero attached hydrogens (tertiary/aromatic N) is 2. The highest BCUT2D eigenvalue weighted by atomic mass is 32.1. The van der Waals surface area contributed by atoms with Crippen LogP contribution >= 0.6 is 12.2 Å². The van der Waals surface area contributed by atoms with Crippen LogP contribution in [0.2, 0.25) is 0 Å². The van der Waals surface area contributed by atoms with Crippen molar-refractivity contribution in [1.82, 2.24) is 15.3 Å². The Balaban J connectivity index is 1.59. The van der Waals surface area contributed by atoms with E-state index >= 15 is 0 Å². The van der Waals surface area contributed by atoms with Gasteiger partial charge in [0.25, 0.3) is 11.8 Å². The Morgan fingerprint density at radius 1 is 1.00 bits per heavy atom. The third-order valence-corrected chi connectivity index (χ3v) is 6.07. The number of rotatable bonds is 12. The average molecular weight is 497 g/mol. The van der Waals surface area contributed by atoms with E-state index in [2.05, 4.69) is 17.7 Å². The number of ether oxygens (including phenoxy) is 1. The van der Waals surface area contributed by atoms with Gasteiger partial charge in [-0.3, -0.25) is 24.7 Å². The predicted octanol–water partition coefficient (Wildman–Crippen LogP) is 4.14. The number of thiocarbonyl (C=S) groups is 1. The molecule has 1 heterocycles. The second-order valence-corrected chi connectivity index (χ2v) is 8.61. The second kappa shape index (κ2) is 12.9. The van der Waals surface area contributed by atoms with Gasteiger partial charge in [0, 0.05) is 17.8 Å². The number of likely N-dealkylation sites (N-methyl/N-ethyl adjacent to an activating group) is 1. The first-order chi connectivity index (χ1) is 16.9. The Labute approximate surface area is 211 Å². The summed E-state index contributed by atoms with van der Waals surface area (Å²) in [5, 5.41) is 4.28. The molecule has 1 aliphatic rings. The van der Waals surface area contributed by atoms with Crippen LogP contribution in [0.1, 0.15) is 56.3 Å². The fourth-order valence-corrected chi connectivity index (χ4v) is 4.14. The molecule has 186 valence electrons. The largest absolute Gasteiger partial charge is 0.494 e. The number of carbonyl (C=O) groups excluding carboxylic acids is 3. The van der Waals surface area contributed by atoms with Crippen molar-refractivity contribution in [2.45, 2.75) is 52.0 Å². The van der Waals surface area contributed by atoms with E-state index in [-0.39, 0.29) is 23.3 Å². The number of nitrogens with one attached hydrogen (secondary N) is 2. The minimum Gasteiger partial charge on any atom is -0.494 e. The molecular formula is C26H32N4O4S. The maximum Gasteiger partial charge on any atom is 0.269 e. The van der Waals surface area contributed by atoms with Crippen LogP contribution in [0.4, 0.5) is 5.69 Å². The van der Waals surface area contributed by atoms with Gasteiger partial charge in [-0.2, -0.15) is 0 Å². The van der Waals surface area contributed by atoms with Gasteiger partial charge in [-0.05, 0) is 62.0 Å². The number of anilines is 1. The Bertz CT molecular complexity index is 1030. The van der Waals surface area contributed by atoms with Crippen LogP contribution in [0.15, 0.2) is 54.6 Å². The van der Waals surface area contributed by atoms with Gasteiger partial charge in [0.1, 0.15) is 11.8 Å². The van der Waals surface area contributed by atoms with E-state index in [1.165, 1.54) is 22.8 Å². The standard InChI is InChI=1S/C26H32N4O4S/c1-3-5-6-10-17-34-21-15-13-20(14-16-21)27-23(31)18-22-25(33)29(4-2)26(35)30(22)28-24(32)19-11-8-7-9-12-19/h7-9,11-16,22H,3-6,10,17-18H2,1-2H3,(H,27,31)(H,28,32)/t22-/m1/s1. The van der Waals surface area contributed by atoms with Gasteiger partial charge in [0.15, 0.2) is 5.11 Å². The summed E-state index contributed by atoms with van der Waals surface area (Å²) in [5.41, 5.74) is 3.71. The third-order valence-electron chi connectivity index (χ3n) is 5.66. The molecule has 8 nitrogen and oxygen atoms in total. The smallest absolute Gasteiger partial charge is 0.269 e. The highest BCUT2D eigenvalue weighted by Gasteiger charge is 2.43. The van der Waals surface area contributed by atoms with E-state index in [1.54, 1.807) is 61.5 Å². The summed E-state index contributed by atoms with van der Waals surface area (Å²) >= 11 is 5.41. The second-order valence-electron chi connectivity index (χ2n) is 8.24. The Morgan fingerprint density at radius 3 is 2.37 bits per heavy atom. The van der Waals surface area contributed by atoms with Crippen LogP contribution in [0.25, 0.3) is 0 Å². The summed E-state index contributed by atoms with van der Waals surface area (Å²) < 4.78 is 5.73. The van der Waals surface area contributed by atoms with Crippen molar-refractivity contribution in [2.24, 2.45) is 0 Å². The van der Waals surface area contributed by atoms with Gasteiger partial charge in [-0.15, -0.1) is 0 Å². The van der Waals surface area contributed by atoms with Crippen molar-refractivity contribution >= 4 is 40.7 Å². The molecule has 35 heavy (non-hydrogen) atoms. The Kier molecular flexibility index (Phi) is 9.60. The lowest BCUT2D eigenvalue weighted by molar-refractivity contribution is -0.130. The number of amides is 3. The molecule has 3 amide bonds. The zero-order chi connectivity index (χ0) is 25.2. The first-order valence-electron chi connectivity index (χ1n) is 12.0. The molecule has 3 rings (SSSR count). The Hall–Kier alpha value is -3.46. The quantitative estimate of drug-likeness (QED) is 0.339. The monoisotopic (exact) mass is 496 g/mol. The lowest BCUT2D eigenvalue weighted by Gasteiger charge is -2.24. The molecule has 1 fully saturated rings. The van der Waals surface area contributed by atoms with E-state index in [0.29, 0.717) is 24.4 Å². The molecule has 0 saturated carbocycles. The van der Waals surface area contributed by atoms with Crippen LogP contribution in [-0.2, 0) is 9.59 Å². The minimum atomic E-state index is -0.930. The molecule has 0 spiro atoms. The van der Waals surface area contributed by atoms with Crippen LogP contribution in [0.3, 0.4) is 0 Å². The highest BCUT2D eigenvalue weighted by molar-refractivity contribution is 7.80. The van der Waals surface area contributed by atoms with Crippen LogP contribution < -0.4 is 15.5 Å². The number of unbranched alkanes of at least 4 members (excludes halogenated alkanes) is 3. The van der Waals surface area contributed by atoms with Gasteiger partial charge in [-0.25, -0.2) is 5.01 Å². The molecule has 2 N–H and O–H groups in total. The number of carbonyl (C=O) groups is 3. The van der Waals surface area contributed by atoms with E-state index in [0.717, 1.165) is 18.6 Å². The van der Waals surface area contributed by atoms with Crippen molar-refractivity contribution in [3.63, 3.8) is 0 Å². The van der Waals surface area contributed by atoms with Gasteiger partial charge >= 0.3 is 0 Å². The molecule has 2 aromatic carbocycles. The van der Waals surface area contributed by atoms with Crippen LogP contribution in [0.5, 0.6) is 5.75 Å². The van der Waals surface area contributed by atoms with Gasteiger partial charge in [0.2, 0.25) is 5.91 Å². The predicted molar refractivity (Wildman–Crippen MR) is 139 cm³/mol. The van der Waals surface area contributed by atoms with E-state index in [9.17, 15) is 14.4 Å². The summed E-state index contributed by atoms with van der Waals surface area (Å²) in [4.78, 5) is 39.8. The fourth-order valence-electron chi connectivity index (χ4n) is 3.75. The summed E-state index contributed by atoms with van der Waals surface area (Å²) in [6.07, 6.45) is 4.37. The zero-order valence-electron chi connectivity index (χ0n) is 20.2. The number of hydrazine groups is 1. The molecule has 1 aliphatic heterocycles. The lowest BCUT2D eigenvalue weighted by Crippen LogP contribution is -2.49. The average Bonchev–Trinajstić information content (AvgIpc) is 3.08. The van der Waals surface area contributed by atoms with Crippen molar-refractivity contribution in [2.75, 3.05) is 18.5 Å². The normalized spacial score (nSPS) is 15.3. The molecule has 0 unspecified atom stereocenters. The molecule has 0 aliphatic carbocycles. The topological polar surface area (TPSA) is 91.0 Å². The zero-order valence-corrected chi connectivity index (χ0v) is 21.0. The van der Waals surface area contributed by atoms with Crippen molar-refractivity contribution < 1.29 is 19.1 Å². The van der Waals surface area contributed by atoms with Gasteiger partial charge in [-0.1, -0.05) is 44.4 Å². The summed E-state index contributed by atoms with van der Waals surface area (Å²) in [6, 6.07) is 14.8. The van der Waals surface area contributed by atoms with E-state index in [1.807, 2.05) is 0 Å². The third kappa shape index (κ3) is 7.02. The summed E-state index contributed by atoms with van der Waals surface area (Å²) in [7, 11) is 0. The lowest BCUT2D eigenvalue weighted by atomic mass is 10.1. The highest BCUT2D eigenvalue weighted by Crippen LogP contribution is 2.21. The first kappa shape index (κ1) is 26.2.